The molecule has 1 amide bonds. The van der Waals surface area contributed by atoms with Gasteiger partial charge < -0.3 is 5.32 Å². The molecule has 0 aliphatic carbocycles. The Morgan fingerprint density at radius 1 is 1.24 bits per heavy atom. The van der Waals surface area contributed by atoms with Gasteiger partial charge in [-0.3, -0.25) is 4.79 Å². The number of rotatable bonds is 3. The molecule has 1 saturated heterocycles. The maximum atomic E-state index is 12.0. The van der Waals surface area contributed by atoms with Gasteiger partial charge in [0, 0.05) is 11.2 Å². The summed E-state index contributed by atoms with van der Waals surface area (Å²) in [4.78, 5) is 20.5. The molecule has 0 radical (unpaired) electrons. The third-order valence-electron chi connectivity index (χ3n) is 3.00. The fraction of sp³-hybridized carbons (Fsp3) is 0.133. The highest BCUT2D eigenvalue weighted by Crippen LogP contribution is 2.27. The van der Waals surface area contributed by atoms with Crippen LogP contribution in [0, 0.1) is 0 Å². The minimum atomic E-state index is -0.215. The van der Waals surface area contributed by atoms with Crippen molar-refractivity contribution in [3.63, 3.8) is 0 Å². The molecule has 1 atom stereocenters. The van der Waals surface area contributed by atoms with Crippen molar-refractivity contribution in [1.82, 2.24) is 10.3 Å². The second-order valence-corrected chi connectivity index (χ2v) is 6.09. The first kappa shape index (κ1) is 14.1. The van der Waals surface area contributed by atoms with E-state index in [1.54, 1.807) is 12.3 Å². The zero-order valence-electron chi connectivity index (χ0n) is 11.0. The minimum absolute atomic E-state index is 0.0467. The molecule has 21 heavy (non-hydrogen) atoms. The highest BCUT2D eigenvalue weighted by atomic mass is 35.5. The number of amidine groups is 1. The zero-order valence-corrected chi connectivity index (χ0v) is 12.6. The molecule has 4 nitrogen and oxygen atoms in total. The van der Waals surface area contributed by atoms with Crippen molar-refractivity contribution in [2.75, 3.05) is 0 Å². The molecule has 0 bridgehead atoms. The van der Waals surface area contributed by atoms with E-state index in [0.29, 0.717) is 22.4 Å². The van der Waals surface area contributed by atoms with E-state index in [9.17, 15) is 4.79 Å². The van der Waals surface area contributed by atoms with Gasteiger partial charge in [0.2, 0.25) is 5.91 Å². The Bertz CT molecular complexity index is 690. The molecule has 1 aliphatic rings. The largest absolute Gasteiger partial charge is 0.304 e. The third-order valence-corrected chi connectivity index (χ3v) is 4.46. The van der Waals surface area contributed by atoms with Crippen LogP contribution in [0.4, 0.5) is 5.82 Å². The van der Waals surface area contributed by atoms with Crippen LogP contribution >= 0.6 is 23.4 Å². The first-order valence-corrected chi connectivity index (χ1v) is 7.69. The summed E-state index contributed by atoms with van der Waals surface area (Å²) in [5.74, 6) is 0.535. The summed E-state index contributed by atoms with van der Waals surface area (Å²) < 4.78 is 0. The van der Waals surface area contributed by atoms with Crippen molar-refractivity contribution >= 4 is 40.3 Å². The molecule has 1 aliphatic heterocycles. The van der Waals surface area contributed by atoms with Gasteiger partial charge in [-0.1, -0.05) is 47.6 Å². The molecule has 1 N–H and O–H groups in total. The molecule has 0 spiro atoms. The maximum absolute atomic E-state index is 12.0. The van der Waals surface area contributed by atoms with Gasteiger partial charge in [0.25, 0.3) is 0 Å². The van der Waals surface area contributed by atoms with Crippen LogP contribution in [0.5, 0.6) is 0 Å². The summed E-state index contributed by atoms with van der Waals surface area (Å²) in [5.41, 5.74) is 0.964. The van der Waals surface area contributed by atoms with Gasteiger partial charge in [0.15, 0.2) is 11.0 Å². The number of aromatic nitrogens is 1. The first-order valence-electron chi connectivity index (χ1n) is 6.43. The van der Waals surface area contributed by atoms with Crippen LogP contribution in [0.3, 0.4) is 0 Å². The van der Waals surface area contributed by atoms with Crippen LogP contribution in [0.15, 0.2) is 53.7 Å². The van der Waals surface area contributed by atoms with Crippen molar-refractivity contribution in [2.45, 2.75) is 11.7 Å². The Balaban J connectivity index is 1.74. The number of nitrogens with zero attached hydrogens (tertiary/aromatic N) is 2. The molecule has 6 heteroatoms. The average Bonchev–Trinajstić information content (AvgIpc) is 2.82. The molecule has 2 aromatic rings. The monoisotopic (exact) mass is 317 g/mol. The molecule has 2 heterocycles. The van der Waals surface area contributed by atoms with Gasteiger partial charge in [-0.05, 0) is 30.2 Å². The number of thioether (sulfide) groups is 1. The highest BCUT2D eigenvalue weighted by Gasteiger charge is 2.30. The molecule has 0 unspecified atom stereocenters. The third kappa shape index (κ3) is 3.43. The van der Waals surface area contributed by atoms with Crippen molar-refractivity contribution in [3.8, 4) is 0 Å². The van der Waals surface area contributed by atoms with E-state index in [2.05, 4.69) is 15.3 Å². The summed E-state index contributed by atoms with van der Waals surface area (Å²) in [6.07, 6.45) is 2.25. The highest BCUT2D eigenvalue weighted by molar-refractivity contribution is 8.15. The van der Waals surface area contributed by atoms with Crippen LogP contribution in [0.25, 0.3) is 0 Å². The van der Waals surface area contributed by atoms with Crippen molar-refractivity contribution < 1.29 is 4.79 Å². The number of carbonyl (C=O) groups excluding carboxylic acids is 1. The lowest BCUT2D eigenvalue weighted by Crippen LogP contribution is -2.26. The Morgan fingerprint density at radius 2 is 2.05 bits per heavy atom. The van der Waals surface area contributed by atoms with Crippen molar-refractivity contribution in [2.24, 2.45) is 4.99 Å². The Kier molecular flexibility index (Phi) is 4.22. The number of amides is 1. The van der Waals surface area contributed by atoms with E-state index in [1.807, 2.05) is 36.4 Å². The number of pyridine rings is 1. The summed E-state index contributed by atoms with van der Waals surface area (Å²) in [7, 11) is 0. The topological polar surface area (TPSA) is 54.4 Å². The molecular formula is C15H12ClN3OS. The van der Waals surface area contributed by atoms with E-state index in [0.717, 1.165) is 5.56 Å². The average molecular weight is 318 g/mol. The molecule has 0 saturated carbocycles. The number of halogens is 1. The van der Waals surface area contributed by atoms with E-state index >= 15 is 0 Å². The lowest BCUT2D eigenvalue weighted by Gasteiger charge is -2.06. The second kappa shape index (κ2) is 6.28. The molecular weight excluding hydrogens is 306 g/mol. The normalized spacial score (nSPS) is 19.8. The van der Waals surface area contributed by atoms with Crippen LogP contribution in [0.2, 0.25) is 5.02 Å². The fourth-order valence-electron chi connectivity index (χ4n) is 1.98. The zero-order chi connectivity index (χ0) is 14.7. The SMILES string of the molecule is O=C1N/C(=N\c2ccccn2)S[C@@H]1Cc1ccccc1Cl. The number of aliphatic imine (C=N–C) groups is 1. The standard InChI is InChI=1S/C15H12ClN3OS/c16-11-6-2-1-5-10(11)9-12-14(20)19-15(21-12)18-13-7-3-4-8-17-13/h1-8,12H,9H2,(H,17,18,19,20)/t12-/m1/s1. The quantitative estimate of drug-likeness (QED) is 0.946. The van der Waals surface area contributed by atoms with Gasteiger partial charge in [-0.2, -0.15) is 0 Å². The van der Waals surface area contributed by atoms with Crippen molar-refractivity contribution in [3.05, 3.63) is 59.2 Å². The number of hydrogen-bond donors (Lipinski definition) is 1. The molecule has 1 aromatic carbocycles. The van der Waals surface area contributed by atoms with Crippen LogP contribution < -0.4 is 5.32 Å². The second-order valence-electron chi connectivity index (χ2n) is 4.50. The predicted molar refractivity (Wildman–Crippen MR) is 86.0 cm³/mol. The summed E-state index contributed by atoms with van der Waals surface area (Å²) in [6, 6.07) is 13.0. The van der Waals surface area contributed by atoms with E-state index < -0.39 is 0 Å². The van der Waals surface area contributed by atoms with E-state index in [-0.39, 0.29) is 11.2 Å². The smallest absolute Gasteiger partial charge is 0.239 e. The van der Waals surface area contributed by atoms with E-state index in [4.69, 9.17) is 11.6 Å². The molecule has 106 valence electrons. The minimum Gasteiger partial charge on any atom is -0.304 e. The summed E-state index contributed by atoms with van der Waals surface area (Å²) >= 11 is 7.54. The summed E-state index contributed by atoms with van der Waals surface area (Å²) in [6.45, 7) is 0. The molecule has 1 aromatic heterocycles. The predicted octanol–water partition coefficient (Wildman–Crippen LogP) is 3.20. The number of hydrogen-bond acceptors (Lipinski definition) is 4. The summed E-state index contributed by atoms with van der Waals surface area (Å²) in [5, 5.41) is 3.83. The van der Waals surface area contributed by atoms with Crippen LogP contribution in [-0.4, -0.2) is 21.3 Å². The number of nitrogens with one attached hydrogen (secondary N) is 1. The Labute approximate surface area is 131 Å². The van der Waals surface area contributed by atoms with Crippen molar-refractivity contribution in [1.29, 1.82) is 0 Å². The van der Waals surface area contributed by atoms with E-state index in [1.165, 1.54) is 11.8 Å². The Morgan fingerprint density at radius 3 is 2.81 bits per heavy atom. The van der Waals surface area contributed by atoms with Gasteiger partial charge in [0.1, 0.15) is 0 Å². The Hall–Kier alpha value is -1.85. The van der Waals surface area contributed by atoms with Gasteiger partial charge in [-0.25, -0.2) is 9.98 Å². The van der Waals surface area contributed by atoms with Gasteiger partial charge in [-0.15, -0.1) is 0 Å². The van der Waals surface area contributed by atoms with Crippen LogP contribution in [-0.2, 0) is 11.2 Å². The lowest BCUT2D eigenvalue weighted by molar-refractivity contribution is -0.118. The fourth-order valence-corrected chi connectivity index (χ4v) is 3.20. The van der Waals surface area contributed by atoms with Gasteiger partial charge in [0.05, 0.1) is 5.25 Å². The van der Waals surface area contributed by atoms with Gasteiger partial charge >= 0.3 is 0 Å². The number of benzene rings is 1. The first-order chi connectivity index (χ1) is 10.2. The number of carbonyl (C=O) groups is 1. The van der Waals surface area contributed by atoms with Crippen LogP contribution in [0.1, 0.15) is 5.56 Å². The maximum Gasteiger partial charge on any atom is 0.239 e. The molecule has 1 fully saturated rings. The lowest BCUT2D eigenvalue weighted by atomic mass is 10.1. The molecule has 3 rings (SSSR count).